The van der Waals surface area contributed by atoms with Crippen molar-refractivity contribution < 1.29 is 14.3 Å². The van der Waals surface area contributed by atoms with Gasteiger partial charge in [-0.05, 0) is 37.0 Å². The van der Waals surface area contributed by atoms with Gasteiger partial charge in [0.2, 0.25) is 5.91 Å². The Morgan fingerprint density at radius 1 is 1.23 bits per heavy atom. The third-order valence-corrected chi connectivity index (χ3v) is 4.69. The molecule has 0 radical (unpaired) electrons. The predicted molar refractivity (Wildman–Crippen MR) is 89.5 cm³/mol. The maximum absolute atomic E-state index is 12.6. The number of amides is 1. The average molecular weight is 368 g/mol. The summed E-state index contributed by atoms with van der Waals surface area (Å²) in [5.41, 5.74) is 0.682. The Balaban J connectivity index is 2.13. The van der Waals surface area contributed by atoms with Crippen LogP contribution in [0.3, 0.4) is 0 Å². The van der Waals surface area contributed by atoms with Crippen LogP contribution in [0.2, 0.25) is 0 Å². The fraction of sp³-hybridized carbons (Fsp3) is 0.529. The van der Waals surface area contributed by atoms with Gasteiger partial charge in [0.25, 0.3) is 0 Å². The number of halogens is 1. The first-order valence-corrected chi connectivity index (χ1v) is 8.55. The van der Waals surface area contributed by atoms with Crippen molar-refractivity contribution in [2.45, 2.75) is 38.5 Å². The molecule has 0 bridgehead atoms. The van der Waals surface area contributed by atoms with Crippen LogP contribution in [0.25, 0.3) is 0 Å². The van der Waals surface area contributed by atoms with Crippen LogP contribution in [-0.4, -0.2) is 19.0 Å². The molecule has 2 rings (SSSR count). The van der Waals surface area contributed by atoms with Crippen LogP contribution in [0.1, 0.15) is 38.5 Å². The maximum Gasteiger partial charge on any atom is 0.318 e. The molecular weight excluding hydrogens is 346 g/mol. The van der Waals surface area contributed by atoms with E-state index in [2.05, 4.69) is 21.2 Å². The molecule has 0 spiro atoms. The van der Waals surface area contributed by atoms with Crippen molar-refractivity contribution in [1.82, 2.24) is 0 Å². The molecule has 0 unspecified atom stereocenters. The summed E-state index contributed by atoms with van der Waals surface area (Å²) >= 11 is 3.38. The number of carbonyl (C=O) groups is 2. The second kappa shape index (κ2) is 8.32. The number of nitrogens with one attached hydrogen (secondary N) is 1. The van der Waals surface area contributed by atoms with E-state index in [1.807, 2.05) is 24.3 Å². The fourth-order valence-electron chi connectivity index (χ4n) is 3.07. The van der Waals surface area contributed by atoms with E-state index in [4.69, 9.17) is 4.74 Å². The summed E-state index contributed by atoms with van der Waals surface area (Å²) in [5, 5.41) is 2.85. The van der Waals surface area contributed by atoms with Gasteiger partial charge in [0, 0.05) is 10.2 Å². The third kappa shape index (κ3) is 4.57. The molecule has 0 heterocycles. The molecule has 1 aromatic carbocycles. The van der Waals surface area contributed by atoms with E-state index >= 15 is 0 Å². The minimum Gasteiger partial charge on any atom is -0.468 e. The van der Waals surface area contributed by atoms with Crippen molar-refractivity contribution in [3.63, 3.8) is 0 Å². The molecule has 22 heavy (non-hydrogen) atoms. The Labute approximate surface area is 139 Å². The Bertz CT molecular complexity index is 524. The molecule has 0 aliphatic heterocycles. The molecule has 4 nitrogen and oxygen atoms in total. The van der Waals surface area contributed by atoms with E-state index < -0.39 is 11.9 Å². The van der Waals surface area contributed by atoms with Crippen molar-refractivity contribution in [3.05, 3.63) is 28.7 Å². The normalized spacial score (nSPS) is 17.4. The van der Waals surface area contributed by atoms with Crippen LogP contribution in [-0.2, 0) is 14.3 Å². The number of esters is 1. The highest BCUT2D eigenvalue weighted by molar-refractivity contribution is 9.10. The minimum absolute atomic E-state index is 0.0714. The van der Waals surface area contributed by atoms with Gasteiger partial charge in [0.15, 0.2) is 0 Å². The Kier molecular flexibility index (Phi) is 6.43. The third-order valence-electron chi connectivity index (χ3n) is 4.20. The van der Waals surface area contributed by atoms with Crippen LogP contribution in [0, 0.1) is 11.8 Å². The predicted octanol–water partition coefficient (Wildman–Crippen LogP) is 4.15. The van der Waals surface area contributed by atoms with Crippen LogP contribution in [0.15, 0.2) is 28.7 Å². The first kappa shape index (κ1) is 17.0. The lowest BCUT2D eigenvalue weighted by Gasteiger charge is -2.23. The summed E-state index contributed by atoms with van der Waals surface area (Å²) in [6.45, 7) is 0. The van der Waals surface area contributed by atoms with Gasteiger partial charge in [-0.3, -0.25) is 9.59 Å². The lowest BCUT2D eigenvalue weighted by Crippen LogP contribution is -2.36. The number of carbonyl (C=O) groups excluding carboxylic acids is 2. The van der Waals surface area contributed by atoms with Crippen molar-refractivity contribution in [3.8, 4) is 0 Å². The molecule has 1 fully saturated rings. The monoisotopic (exact) mass is 367 g/mol. The van der Waals surface area contributed by atoms with Gasteiger partial charge < -0.3 is 10.1 Å². The summed E-state index contributed by atoms with van der Waals surface area (Å²) in [5.74, 6) is -1.35. The molecule has 1 aliphatic rings. The number of anilines is 1. The Hall–Kier alpha value is -1.36. The van der Waals surface area contributed by atoms with Crippen molar-refractivity contribution in [2.24, 2.45) is 11.8 Å². The van der Waals surface area contributed by atoms with Gasteiger partial charge in [-0.1, -0.05) is 47.7 Å². The zero-order valence-corrected chi connectivity index (χ0v) is 14.4. The fourth-order valence-corrected chi connectivity index (χ4v) is 3.47. The van der Waals surface area contributed by atoms with Gasteiger partial charge in [0.05, 0.1) is 7.11 Å². The van der Waals surface area contributed by atoms with Gasteiger partial charge in [-0.15, -0.1) is 0 Å². The summed E-state index contributed by atoms with van der Waals surface area (Å²) in [6, 6.07) is 7.36. The van der Waals surface area contributed by atoms with Crippen molar-refractivity contribution in [2.75, 3.05) is 12.4 Å². The van der Waals surface area contributed by atoms with Crippen LogP contribution >= 0.6 is 15.9 Å². The molecule has 5 heteroatoms. The second-order valence-corrected chi connectivity index (χ2v) is 6.67. The highest BCUT2D eigenvalue weighted by Crippen LogP contribution is 2.31. The lowest BCUT2D eigenvalue weighted by molar-refractivity contribution is -0.151. The number of hydrogen-bond donors (Lipinski definition) is 1. The van der Waals surface area contributed by atoms with Crippen LogP contribution in [0.4, 0.5) is 5.69 Å². The lowest BCUT2D eigenvalue weighted by atomic mass is 9.85. The summed E-state index contributed by atoms with van der Waals surface area (Å²) in [6.07, 6.45) is 6.32. The standard InChI is InChI=1S/C17H22BrNO3/c1-22-17(21)15(12-7-4-2-3-5-8-12)16(20)19-14-10-6-9-13(18)11-14/h6,9-12,15H,2-5,7-8H2,1H3,(H,19,20)/t15-/m0/s1. The Morgan fingerprint density at radius 2 is 1.91 bits per heavy atom. The molecular formula is C17H22BrNO3. The maximum atomic E-state index is 12.6. The van der Waals surface area contributed by atoms with Crippen LogP contribution in [0.5, 0.6) is 0 Å². The number of ether oxygens (including phenoxy) is 1. The zero-order chi connectivity index (χ0) is 15.9. The zero-order valence-electron chi connectivity index (χ0n) is 12.8. The topological polar surface area (TPSA) is 55.4 Å². The molecule has 1 aliphatic carbocycles. The smallest absolute Gasteiger partial charge is 0.318 e. The first-order valence-electron chi connectivity index (χ1n) is 7.76. The number of benzene rings is 1. The number of hydrogen-bond acceptors (Lipinski definition) is 3. The molecule has 0 aromatic heterocycles. The van der Waals surface area contributed by atoms with E-state index in [-0.39, 0.29) is 11.8 Å². The summed E-state index contributed by atoms with van der Waals surface area (Å²) < 4.78 is 5.76. The minimum atomic E-state index is -0.720. The highest BCUT2D eigenvalue weighted by atomic mass is 79.9. The molecule has 1 atom stereocenters. The van der Waals surface area contributed by atoms with Gasteiger partial charge in [-0.2, -0.15) is 0 Å². The molecule has 1 amide bonds. The largest absolute Gasteiger partial charge is 0.468 e. The van der Waals surface area contributed by atoms with Gasteiger partial charge in [0.1, 0.15) is 5.92 Å². The van der Waals surface area contributed by atoms with E-state index in [9.17, 15) is 9.59 Å². The second-order valence-electron chi connectivity index (χ2n) is 5.75. The molecule has 0 saturated heterocycles. The van der Waals surface area contributed by atoms with Crippen LogP contribution < -0.4 is 5.32 Å². The van der Waals surface area contributed by atoms with Crippen molar-refractivity contribution in [1.29, 1.82) is 0 Å². The van der Waals surface area contributed by atoms with Gasteiger partial charge >= 0.3 is 5.97 Å². The number of methoxy groups -OCH3 is 1. The van der Waals surface area contributed by atoms with Gasteiger partial charge in [-0.25, -0.2) is 0 Å². The highest BCUT2D eigenvalue weighted by Gasteiger charge is 2.35. The quantitative estimate of drug-likeness (QED) is 0.494. The van der Waals surface area contributed by atoms with E-state index in [1.165, 1.54) is 20.0 Å². The SMILES string of the molecule is COC(=O)[C@H](C(=O)Nc1cccc(Br)c1)C1CCCCCC1. The van der Waals surface area contributed by atoms with E-state index in [0.29, 0.717) is 5.69 Å². The van der Waals surface area contributed by atoms with E-state index in [0.717, 1.165) is 30.2 Å². The summed E-state index contributed by atoms with van der Waals surface area (Å²) in [4.78, 5) is 24.7. The molecule has 120 valence electrons. The molecule has 1 saturated carbocycles. The van der Waals surface area contributed by atoms with Crippen molar-refractivity contribution >= 4 is 33.5 Å². The Morgan fingerprint density at radius 3 is 2.50 bits per heavy atom. The molecule has 1 aromatic rings. The molecule has 1 N–H and O–H groups in total. The number of rotatable bonds is 4. The first-order chi connectivity index (χ1) is 10.6. The summed E-state index contributed by atoms with van der Waals surface area (Å²) in [7, 11) is 1.35. The average Bonchev–Trinajstić information content (AvgIpc) is 2.76. The van der Waals surface area contributed by atoms with E-state index in [1.54, 1.807) is 0 Å².